The van der Waals surface area contributed by atoms with Crippen LogP contribution in [0, 0.1) is 0 Å². The Labute approximate surface area is 198 Å². The second-order valence-corrected chi connectivity index (χ2v) is 11.2. The van der Waals surface area contributed by atoms with E-state index in [-0.39, 0.29) is 40.7 Å². The van der Waals surface area contributed by atoms with Gasteiger partial charge in [-0.2, -0.15) is 4.98 Å². The summed E-state index contributed by atoms with van der Waals surface area (Å²) < 4.78 is 36.6. The summed E-state index contributed by atoms with van der Waals surface area (Å²) in [4.78, 5) is 30.7. The molecule has 34 heavy (non-hydrogen) atoms. The quantitative estimate of drug-likeness (QED) is 0.653. The number of anilines is 1. The highest BCUT2D eigenvalue weighted by atomic mass is 32.2. The van der Waals surface area contributed by atoms with Crippen LogP contribution in [0.4, 0.5) is 5.69 Å². The molecule has 4 heterocycles. The molecule has 2 amide bonds. The maximum atomic E-state index is 12.8. The molecule has 2 aromatic rings. The van der Waals surface area contributed by atoms with Gasteiger partial charge in [-0.05, 0) is 49.4 Å². The van der Waals surface area contributed by atoms with Gasteiger partial charge >= 0.3 is 0 Å². The van der Waals surface area contributed by atoms with Gasteiger partial charge in [0.2, 0.25) is 17.7 Å². The van der Waals surface area contributed by atoms with Crippen LogP contribution in [0.5, 0.6) is 0 Å². The third kappa shape index (κ3) is 4.85. The van der Waals surface area contributed by atoms with Crippen molar-refractivity contribution in [1.29, 1.82) is 0 Å². The molecule has 0 spiro atoms. The standard InChI is InChI=1S/C23H28N4O6S/c28-20-4-1-16-13-18(2-3-19(16)24-20)34(30,31)12-8-21(29)27-9-5-17(14-27)23-25-22(26-33-23)15-6-10-32-11-7-15/h2-3,13,15,17H,1,4-12,14H2,(H,24,28). The molecule has 5 rings (SSSR count). The lowest BCUT2D eigenvalue weighted by atomic mass is 10.00. The highest BCUT2D eigenvalue weighted by Gasteiger charge is 2.33. The molecule has 182 valence electrons. The van der Waals surface area contributed by atoms with E-state index in [2.05, 4.69) is 15.5 Å². The normalized spacial score (nSPS) is 21.4. The van der Waals surface area contributed by atoms with Crippen molar-refractivity contribution in [3.8, 4) is 0 Å². The SMILES string of the molecule is O=C1CCc2cc(S(=O)(=O)CCC(=O)N3CCC(c4nc(C5CCOCC5)no4)C3)ccc2N1. The van der Waals surface area contributed by atoms with Gasteiger partial charge in [0.1, 0.15) is 0 Å². The highest BCUT2D eigenvalue weighted by Crippen LogP contribution is 2.30. The number of likely N-dealkylation sites (tertiary alicyclic amines) is 1. The molecule has 0 bridgehead atoms. The maximum Gasteiger partial charge on any atom is 0.231 e. The van der Waals surface area contributed by atoms with Crippen molar-refractivity contribution in [3.63, 3.8) is 0 Å². The van der Waals surface area contributed by atoms with Crippen LogP contribution in [0.1, 0.15) is 61.2 Å². The second kappa shape index (κ2) is 9.46. The minimum Gasteiger partial charge on any atom is -0.381 e. The van der Waals surface area contributed by atoms with Crippen LogP contribution in [0.25, 0.3) is 0 Å². The van der Waals surface area contributed by atoms with Crippen LogP contribution < -0.4 is 5.32 Å². The first-order valence-electron chi connectivity index (χ1n) is 11.7. The first-order chi connectivity index (χ1) is 16.4. The van der Waals surface area contributed by atoms with E-state index in [1.54, 1.807) is 17.0 Å². The van der Waals surface area contributed by atoms with E-state index in [9.17, 15) is 18.0 Å². The molecular formula is C23H28N4O6S. The Morgan fingerprint density at radius 3 is 2.79 bits per heavy atom. The number of nitrogens with zero attached hydrogens (tertiary/aromatic N) is 3. The number of aromatic nitrogens is 2. The smallest absolute Gasteiger partial charge is 0.231 e. The molecule has 0 radical (unpaired) electrons. The lowest BCUT2D eigenvalue weighted by Gasteiger charge is -2.18. The number of carbonyl (C=O) groups excluding carboxylic acids is 2. The van der Waals surface area contributed by atoms with Crippen molar-refractivity contribution in [3.05, 3.63) is 35.5 Å². The number of aryl methyl sites for hydroxylation is 1. The molecule has 0 saturated carbocycles. The lowest BCUT2D eigenvalue weighted by molar-refractivity contribution is -0.129. The van der Waals surface area contributed by atoms with E-state index >= 15 is 0 Å². The fourth-order valence-corrected chi connectivity index (χ4v) is 6.05. The molecule has 1 unspecified atom stereocenters. The summed E-state index contributed by atoms with van der Waals surface area (Å²) in [6, 6.07) is 4.71. The van der Waals surface area contributed by atoms with Crippen LogP contribution in [-0.4, -0.2) is 67.3 Å². The number of benzene rings is 1. The number of sulfone groups is 1. The summed E-state index contributed by atoms with van der Waals surface area (Å²) in [6.45, 7) is 2.39. The largest absolute Gasteiger partial charge is 0.381 e. The maximum absolute atomic E-state index is 12.8. The molecule has 3 aliphatic rings. The fraction of sp³-hybridized carbons (Fsp3) is 0.565. The molecule has 2 saturated heterocycles. The number of ether oxygens (including phenoxy) is 1. The van der Waals surface area contributed by atoms with Crippen molar-refractivity contribution < 1.29 is 27.3 Å². The molecule has 10 nitrogen and oxygen atoms in total. The third-order valence-electron chi connectivity index (χ3n) is 6.85. The van der Waals surface area contributed by atoms with Gasteiger partial charge in [0.05, 0.1) is 16.6 Å². The van der Waals surface area contributed by atoms with Crippen LogP contribution in [-0.2, 0) is 30.6 Å². The van der Waals surface area contributed by atoms with E-state index in [0.29, 0.717) is 63.0 Å². The molecule has 0 aliphatic carbocycles. The number of nitrogens with one attached hydrogen (secondary N) is 1. The van der Waals surface area contributed by atoms with Crippen LogP contribution in [0.2, 0.25) is 0 Å². The average Bonchev–Trinajstić information content (AvgIpc) is 3.53. The number of hydrogen-bond acceptors (Lipinski definition) is 8. The van der Waals surface area contributed by atoms with Crippen molar-refractivity contribution in [2.24, 2.45) is 0 Å². The van der Waals surface area contributed by atoms with Crippen molar-refractivity contribution >= 4 is 27.3 Å². The van der Waals surface area contributed by atoms with Crippen LogP contribution in [0.15, 0.2) is 27.6 Å². The van der Waals surface area contributed by atoms with Gasteiger partial charge in [-0.15, -0.1) is 0 Å². The molecule has 3 aliphatic heterocycles. The fourth-order valence-electron chi connectivity index (χ4n) is 4.77. The van der Waals surface area contributed by atoms with Crippen LogP contribution in [0.3, 0.4) is 0 Å². The lowest BCUT2D eigenvalue weighted by Crippen LogP contribution is -2.30. The van der Waals surface area contributed by atoms with Gasteiger partial charge in [0.15, 0.2) is 15.7 Å². The van der Waals surface area contributed by atoms with Gasteiger partial charge in [-0.25, -0.2) is 8.42 Å². The Bertz CT molecular complexity index is 1190. The third-order valence-corrected chi connectivity index (χ3v) is 8.56. The number of fused-ring (bicyclic) bond motifs is 1. The topological polar surface area (TPSA) is 132 Å². The minimum atomic E-state index is -3.62. The second-order valence-electron chi connectivity index (χ2n) is 9.14. The molecule has 2 fully saturated rings. The average molecular weight is 489 g/mol. The van der Waals surface area contributed by atoms with Gasteiger partial charge in [0.25, 0.3) is 0 Å². The molecule has 1 aromatic carbocycles. The first kappa shape index (κ1) is 23.0. The van der Waals surface area contributed by atoms with Crippen LogP contribution >= 0.6 is 0 Å². The monoisotopic (exact) mass is 488 g/mol. The Kier molecular flexibility index (Phi) is 6.39. The van der Waals surface area contributed by atoms with E-state index in [1.807, 2.05) is 0 Å². The number of rotatable bonds is 6. The zero-order valence-corrected chi connectivity index (χ0v) is 19.7. The summed E-state index contributed by atoms with van der Waals surface area (Å²) >= 11 is 0. The van der Waals surface area contributed by atoms with Gasteiger partial charge in [0, 0.05) is 50.8 Å². The Balaban J connectivity index is 1.16. The van der Waals surface area contributed by atoms with Crippen molar-refractivity contribution in [1.82, 2.24) is 15.0 Å². The molecule has 1 N–H and O–H groups in total. The Morgan fingerprint density at radius 1 is 1.15 bits per heavy atom. The summed E-state index contributed by atoms with van der Waals surface area (Å²) in [5, 5.41) is 6.89. The van der Waals surface area contributed by atoms with Crippen molar-refractivity contribution in [2.45, 2.75) is 55.3 Å². The van der Waals surface area contributed by atoms with Crippen molar-refractivity contribution in [2.75, 3.05) is 37.4 Å². The zero-order chi connectivity index (χ0) is 23.7. The summed E-state index contributed by atoms with van der Waals surface area (Å²) in [5.41, 5.74) is 1.45. The molecule has 1 aromatic heterocycles. The number of amides is 2. The molecular weight excluding hydrogens is 460 g/mol. The van der Waals surface area contributed by atoms with E-state index in [0.717, 1.165) is 18.4 Å². The van der Waals surface area contributed by atoms with Gasteiger partial charge < -0.3 is 19.5 Å². The first-order valence-corrected chi connectivity index (χ1v) is 13.4. The van der Waals surface area contributed by atoms with E-state index in [1.165, 1.54) is 6.07 Å². The molecule has 1 atom stereocenters. The van der Waals surface area contributed by atoms with Gasteiger partial charge in [-0.1, -0.05) is 5.16 Å². The highest BCUT2D eigenvalue weighted by molar-refractivity contribution is 7.91. The van der Waals surface area contributed by atoms with E-state index < -0.39 is 9.84 Å². The number of hydrogen-bond donors (Lipinski definition) is 1. The molecule has 11 heteroatoms. The Morgan fingerprint density at radius 2 is 1.97 bits per heavy atom. The summed E-state index contributed by atoms with van der Waals surface area (Å²) in [6.07, 6.45) is 3.22. The summed E-state index contributed by atoms with van der Waals surface area (Å²) in [5.74, 6) is 0.947. The predicted octanol–water partition coefficient (Wildman–Crippen LogP) is 2.03. The minimum absolute atomic E-state index is 0.0301. The predicted molar refractivity (Wildman–Crippen MR) is 121 cm³/mol. The zero-order valence-electron chi connectivity index (χ0n) is 18.9. The van der Waals surface area contributed by atoms with E-state index in [4.69, 9.17) is 9.26 Å². The Hall–Kier alpha value is -2.79. The van der Waals surface area contributed by atoms with Gasteiger partial charge in [-0.3, -0.25) is 9.59 Å². The number of carbonyl (C=O) groups is 2. The summed E-state index contributed by atoms with van der Waals surface area (Å²) in [7, 11) is -3.62.